The van der Waals surface area contributed by atoms with E-state index in [1.54, 1.807) is 30.5 Å². The van der Waals surface area contributed by atoms with Gasteiger partial charge in [-0.1, -0.05) is 36.0 Å². The molecular formula is C21H18N4O2S. The Morgan fingerprint density at radius 2 is 1.82 bits per heavy atom. The van der Waals surface area contributed by atoms with E-state index in [1.807, 2.05) is 30.5 Å². The summed E-state index contributed by atoms with van der Waals surface area (Å²) < 4.78 is 5.95. The minimum atomic E-state index is -0.453. The average molecular weight is 390 g/mol. The SMILES string of the molecule is CSc1ncc(Cc2ccc(C(N)=O)cc2)c(OCc2ccc(C#N)cc2)n1. The number of ether oxygens (including phenoxy) is 1. The molecule has 6 nitrogen and oxygen atoms in total. The molecule has 0 atom stereocenters. The van der Waals surface area contributed by atoms with E-state index in [-0.39, 0.29) is 0 Å². The maximum absolute atomic E-state index is 11.2. The highest BCUT2D eigenvalue weighted by Gasteiger charge is 2.11. The van der Waals surface area contributed by atoms with E-state index in [0.717, 1.165) is 16.7 Å². The highest BCUT2D eigenvalue weighted by molar-refractivity contribution is 7.98. The summed E-state index contributed by atoms with van der Waals surface area (Å²) in [7, 11) is 0. The van der Waals surface area contributed by atoms with Crippen molar-refractivity contribution in [3.63, 3.8) is 0 Å². The Balaban J connectivity index is 1.78. The number of thioether (sulfide) groups is 1. The number of amides is 1. The molecule has 1 heterocycles. The van der Waals surface area contributed by atoms with Gasteiger partial charge in [0.2, 0.25) is 11.8 Å². The van der Waals surface area contributed by atoms with Crippen LogP contribution in [-0.4, -0.2) is 22.1 Å². The minimum Gasteiger partial charge on any atom is -0.472 e. The van der Waals surface area contributed by atoms with E-state index in [4.69, 9.17) is 15.7 Å². The molecular weight excluding hydrogens is 372 g/mol. The number of hydrogen-bond donors (Lipinski definition) is 1. The summed E-state index contributed by atoms with van der Waals surface area (Å²) in [6, 6.07) is 16.4. The van der Waals surface area contributed by atoms with Gasteiger partial charge in [0.1, 0.15) is 6.61 Å². The molecule has 0 bridgehead atoms. The fourth-order valence-electron chi connectivity index (χ4n) is 2.55. The molecule has 140 valence electrons. The predicted molar refractivity (Wildman–Crippen MR) is 107 cm³/mol. The molecule has 0 saturated carbocycles. The molecule has 28 heavy (non-hydrogen) atoms. The number of rotatable bonds is 7. The monoisotopic (exact) mass is 390 g/mol. The van der Waals surface area contributed by atoms with Crippen molar-refractivity contribution >= 4 is 17.7 Å². The number of carbonyl (C=O) groups excluding carboxylic acids is 1. The minimum absolute atomic E-state index is 0.337. The molecule has 0 aliphatic heterocycles. The fourth-order valence-corrected chi connectivity index (χ4v) is 2.89. The third-order valence-corrected chi connectivity index (χ3v) is 4.64. The highest BCUT2D eigenvalue weighted by Crippen LogP contribution is 2.23. The zero-order valence-electron chi connectivity index (χ0n) is 15.3. The largest absolute Gasteiger partial charge is 0.472 e. The molecule has 1 amide bonds. The summed E-state index contributed by atoms with van der Waals surface area (Å²) in [5.74, 6) is 0.0633. The highest BCUT2D eigenvalue weighted by atomic mass is 32.2. The second kappa shape index (κ2) is 9.02. The number of primary amides is 1. The molecule has 1 aromatic heterocycles. The molecule has 2 aromatic carbocycles. The van der Waals surface area contributed by atoms with Crippen LogP contribution in [0.2, 0.25) is 0 Å². The van der Waals surface area contributed by atoms with Crippen molar-refractivity contribution < 1.29 is 9.53 Å². The molecule has 0 fully saturated rings. The molecule has 2 N–H and O–H groups in total. The van der Waals surface area contributed by atoms with Crippen molar-refractivity contribution in [2.24, 2.45) is 5.73 Å². The van der Waals surface area contributed by atoms with Gasteiger partial charge < -0.3 is 10.5 Å². The van der Waals surface area contributed by atoms with Crippen LogP contribution in [0, 0.1) is 11.3 Å². The number of nitrogens with zero attached hydrogens (tertiary/aromatic N) is 3. The topological polar surface area (TPSA) is 102 Å². The average Bonchev–Trinajstić information content (AvgIpc) is 2.73. The summed E-state index contributed by atoms with van der Waals surface area (Å²) in [4.78, 5) is 20.0. The Kier molecular flexibility index (Phi) is 6.25. The van der Waals surface area contributed by atoms with Gasteiger partial charge in [-0.15, -0.1) is 0 Å². The zero-order chi connectivity index (χ0) is 19.9. The van der Waals surface area contributed by atoms with E-state index in [1.165, 1.54) is 11.8 Å². The smallest absolute Gasteiger partial charge is 0.248 e. The van der Waals surface area contributed by atoms with E-state index >= 15 is 0 Å². The Morgan fingerprint density at radius 1 is 1.14 bits per heavy atom. The Hall–Kier alpha value is -3.37. The third kappa shape index (κ3) is 4.87. The molecule has 0 saturated heterocycles. The second-order valence-electron chi connectivity index (χ2n) is 6.02. The van der Waals surface area contributed by atoms with E-state index in [0.29, 0.717) is 35.2 Å². The molecule has 0 radical (unpaired) electrons. The lowest BCUT2D eigenvalue weighted by Gasteiger charge is -2.12. The first kappa shape index (κ1) is 19.4. The Bertz CT molecular complexity index is 1010. The van der Waals surface area contributed by atoms with Gasteiger partial charge in [0, 0.05) is 23.7 Å². The van der Waals surface area contributed by atoms with Crippen LogP contribution in [-0.2, 0) is 13.0 Å². The fraction of sp³-hybridized carbons (Fsp3) is 0.143. The van der Waals surface area contributed by atoms with Crippen LogP contribution in [0.25, 0.3) is 0 Å². The molecule has 0 aliphatic rings. The number of carbonyl (C=O) groups is 1. The van der Waals surface area contributed by atoms with Gasteiger partial charge in [-0.3, -0.25) is 4.79 Å². The summed E-state index contributed by atoms with van der Waals surface area (Å²) >= 11 is 1.44. The number of hydrogen-bond acceptors (Lipinski definition) is 6. The van der Waals surface area contributed by atoms with Crippen molar-refractivity contribution in [3.8, 4) is 11.9 Å². The standard InChI is InChI=1S/C21H18N4O2S/c1-28-21-24-12-18(10-14-6-8-17(9-7-14)19(23)26)20(25-21)27-13-16-4-2-15(11-22)3-5-16/h2-9,12H,10,13H2,1H3,(H2,23,26). The maximum atomic E-state index is 11.2. The van der Waals surface area contributed by atoms with Gasteiger partial charge in [0.05, 0.1) is 11.6 Å². The molecule has 0 aliphatic carbocycles. The van der Waals surface area contributed by atoms with Crippen LogP contribution in [0.1, 0.15) is 32.6 Å². The summed E-state index contributed by atoms with van der Waals surface area (Å²) in [6.07, 6.45) is 4.23. The first-order chi connectivity index (χ1) is 13.6. The van der Waals surface area contributed by atoms with Crippen molar-refractivity contribution in [2.75, 3.05) is 6.26 Å². The van der Waals surface area contributed by atoms with E-state index < -0.39 is 5.91 Å². The predicted octanol–water partition coefficient (Wildman–Crippen LogP) is 3.34. The molecule has 3 aromatic rings. The van der Waals surface area contributed by atoms with Crippen LogP contribution >= 0.6 is 11.8 Å². The van der Waals surface area contributed by atoms with Gasteiger partial charge in [-0.2, -0.15) is 10.2 Å². The summed E-state index contributed by atoms with van der Waals surface area (Å²) in [5.41, 5.74) is 9.15. The van der Waals surface area contributed by atoms with Crippen LogP contribution in [0.3, 0.4) is 0 Å². The zero-order valence-corrected chi connectivity index (χ0v) is 16.1. The van der Waals surface area contributed by atoms with Gasteiger partial charge >= 0.3 is 0 Å². The van der Waals surface area contributed by atoms with Crippen LogP contribution < -0.4 is 10.5 Å². The first-order valence-corrected chi connectivity index (χ1v) is 9.72. The van der Waals surface area contributed by atoms with Crippen molar-refractivity contribution in [1.29, 1.82) is 5.26 Å². The Morgan fingerprint density at radius 3 is 2.43 bits per heavy atom. The van der Waals surface area contributed by atoms with Crippen molar-refractivity contribution in [3.05, 3.63) is 82.5 Å². The normalized spacial score (nSPS) is 10.3. The summed E-state index contributed by atoms with van der Waals surface area (Å²) in [6.45, 7) is 0.337. The van der Waals surface area contributed by atoms with E-state index in [9.17, 15) is 4.79 Å². The number of nitrogens with two attached hydrogens (primary N) is 1. The van der Waals surface area contributed by atoms with Gasteiger partial charge in [-0.05, 0) is 41.6 Å². The lowest BCUT2D eigenvalue weighted by atomic mass is 10.1. The van der Waals surface area contributed by atoms with Crippen LogP contribution in [0.15, 0.2) is 59.9 Å². The quantitative estimate of drug-likeness (QED) is 0.490. The van der Waals surface area contributed by atoms with Gasteiger partial charge in [0.25, 0.3) is 0 Å². The molecule has 7 heteroatoms. The summed E-state index contributed by atoms with van der Waals surface area (Å²) in [5, 5.41) is 9.52. The van der Waals surface area contributed by atoms with Crippen molar-refractivity contribution in [2.45, 2.75) is 18.2 Å². The first-order valence-electron chi connectivity index (χ1n) is 8.49. The second-order valence-corrected chi connectivity index (χ2v) is 6.80. The lowest BCUT2D eigenvalue weighted by Crippen LogP contribution is -2.10. The number of aromatic nitrogens is 2. The number of nitriles is 1. The van der Waals surface area contributed by atoms with Gasteiger partial charge in [-0.25, -0.2) is 4.98 Å². The van der Waals surface area contributed by atoms with Crippen molar-refractivity contribution in [1.82, 2.24) is 9.97 Å². The van der Waals surface area contributed by atoms with Crippen LogP contribution in [0.4, 0.5) is 0 Å². The lowest BCUT2D eigenvalue weighted by molar-refractivity contribution is 0.100. The number of benzene rings is 2. The van der Waals surface area contributed by atoms with Crippen LogP contribution in [0.5, 0.6) is 5.88 Å². The molecule has 0 spiro atoms. The van der Waals surface area contributed by atoms with Gasteiger partial charge in [0.15, 0.2) is 5.16 Å². The molecule has 3 rings (SSSR count). The Labute approximate surface area is 167 Å². The molecule has 0 unspecified atom stereocenters. The third-order valence-electron chi connectivity index (χ3n) is 4.08. The maximum Gasteiger partial charge on any atom is 0.248 e. The van der Waals surface area contributed by atoms with E-state index in [2.05, 4.69) is 16.0 Å².